The molecule has 2 rings (SSSR count). The smallest absolute Gasteiger partial charge is 0.263 e. The van der Waals surface area contributed by atoms with E-state index in [0.717, 1.165) is 17.2 Å². The summed E-state index contributed by atoms with van der Waals surface area (Å²) in [6, 6.07) is 9.26. The van der Waals surface area contributed by atoms with Crippen molar-refractivity contribution in [2.24, 2.45) is 0 Å². The second kappa shape index (κ2) is 7.06. The predicted octanol–water partition coefficient (Wildman–Crippen LogP) is 3.90. The zero-order valence-corrected chi connectivity index (χ0v) is 15.2. The minimum Gasteiger partial charge on any atom is -0.263 e. The van der Waals surface area contributed by atoms with E-state index in [1.165, 1.54) is 22.5 Å². The van der Waals surface area contributed by atoms with Gasteiger partial charge in [0, 0.05) is 11.6 Å². The number of nitro groups is 1. The van der Waals surface area contributed by atoms with Gasteiger partial charge in [-0.05, 0) is 50.1 Å². The lowest BCUT2D eigenvalue weighted by atomic mass is 10.1. The Morgan fingerprint density at radius 3 is 2.28 bits per heavy atom. The lowest BCUT2D eigenvalue weighted by molar-refractivity contribution is -0.385. The van der Waals surface area contributed by atoms with E-state index in [9.17, 15) is 18.5 Å². The average molecular weight is 360 g/mol. The summed E-state index contributed by atoms with van der Waals surface area (Å²) in [5.41, 5.74) is 2.68. The summed E-state index contributed by atoms with van der Waals surface area (Å²) in [6.45, 7) is 9.09. The van der Waals surface area contributed by atoms with Gasteiger partial charge >= 0.3 is 0 Å². The zero-order valence-electron chi connectivity index (χ0n) is 14.4. The number of aryl methyl sites for hydroxylation is 3. The van der Waals surface area contributed by atoms with Crippen molar-refractivity contribution in [1.29, 1.82) is 0 Å². The lowest BCUT2D eigenvalue weighted by Gasteiger charge is -2.24. The summed E-state index contributed by atoms with van der Waals surface area (Å²) < 4.78 is 27.3. The molecule has 0 aliphatic carbocycles. The Balaban J connectivity index is 2.60. The summed E-state index contributed by atoms with van der Waals surface area (Å²) in [5.74, 6) is 0. The highest BCUT2D eigenvalue weighted by Crippen LogP contribution is 2.28. The maximum Gasteiger partial charge on any atom is 0.273 e. The van der Waals surface area contributed by atoms with E-state index in [-0.39, 0.29) is 17.1 Å². The number of nitrogens with zero attached hydrogens (tertiary/aromatic N) is 2. The summed E-state index contributed by atoms with van der Waals surface area (Å²) in [5, 5.41) is 11.1. The lowest BCUT2D eigenvalue weighted by Crippen LogP contribution is -2.31. The van der Waals surface area contributed by atoms with Crippen LogP contribution < -0.4 is 4.31 Å². The molecule has 132 valence electrons. The molecule has 2 aromatic carbocycles. The average Bonchev–Trinajstić information content (AvgIpc) is 2.55. The predicted molar refractivity (Wildman–Crippen MR) is 98.5 cm³/mol. The van der Waals surface area contributed by atoms with E-state index < -0.39 is 14.9 Å². The minimum absolute atomic E-state index is 0.0620. The van der Waals surface area contributed by atoms with E-state index in [2.05, 4.69) is 6.58 Å². The highest BCUT2D eigenvalue weighted by atomic mass is 32.2. The van der Waals surface area contributed by atoms with E-state index in [0.29, 0.717) is 11.3 Å². The van der Waals surface area contributed by atoms with Crippen LogP contribution in [-0.4, -0.2) is 19.9 Å². The van der Waals surface area contributed by atoms with Crippen LogP contribution in [0.5, 0.6) is 0 Å². The van der Waals surface area contributed by atoms with Crippen molar-refractivity contribution in [3.05, 3.63) is 75.9 Å². The standard InChI is InChI=1S/C18H20N2O4S/c1-5-10-19(16-8-6-13(2)15(4)11-16)25(23,24)17-9-7-14(3)18(12-17)20(21)22/h5-9,11-12H,1,10H2,2-4H3. The SMILES string of the molecule is C=CCN(c1ccc(C)c(C)c1)S(=O)(=O)c1ccc(C)c([N+](=O)[O-])c1. The van der Waals surface area contributed by atoms with Crippen molar-refractivity contribution in [2.45, 2.75) is 25.7 Å². The van der Waals surface area contributed by atoms with Crippen LogP contribution in [0.1, 0.15) is 16.7 Å². The second-order valence-electron chi connectivity index (χ2n) is 5.80. The Morgan fingerprint density at radius 1 is 1.08 bits per heavy atom. The molecule has 0 atom stereocenters. The van der Waals surface area contributed by atoms with Gasteiger partial charge in [0.25, 0.3) is 15.7 Å². The van der Waals surface area contributed by atoms with Crippen molar-refractivity contribution in [1.82, 2.24) is 0 Å². The van der Waals surface area contributed by atoms with Crippen LogP contribution in [0, 0.1) is 30.9 Å². The molecule has 0 heterocycles. The van der Waals surface area contributed by atoms with Crippen molar-refractivity contribution in [2.75, 3.05) is 10.8 Å². The second-order valence-corrected chi connectivity index (χ2v) is 7.66. The van der Waals surface area contributed by atoms with Gasteiger partial charge in [-0.2, -0.15) is 0 Å². The van der Waals surface area contributed by atoms with Crippen LogP contribution in [-0.2, 0) is 10.0 Å². The first-order valence-corrected chi connectivity index (χ1v) is 9.08. The molecule has 0 aliphatic rings. The van der Waals surface area contributed by atoms with E-state index in [1.807, 2.05) is 19.9 Å². The monoisotopic (exact) mass is 360 g/mol. The molecule has 25 heavy (non-hydrogen) atoms. The molecule has 0 unspecified atom stereocenters. The van der Waals surface area contributed by atoms with Gasteiger partial charge in [-0.1, -0.05) is 18.2 Å². The molecule has 0 bridgehead atoms. The molecule has 0 amide bonds. The largest absolute Gasteiger partial charge is 0.273 e. The van der Waals surface area contributed by atoms with Gasteiger partial charge in [0.2, 0.25) is 0 Å². The quantitative estimate of drug-likeness (QED) is 0.444. The molecule has 0 saturated carbocycles. The number of rotatable bonds is 6. The van der Waals surface area contributed by atoms with Crippen LogP contribution in [0.15, 0.2) is 53.9 Å². The fourth-order valence-corrected chi connectivity index (χ4v) is 3.86. The van der Waals surface area contributed by atoms with Gasteiger partial charge in [0.05, 0.1) is 22.1 Å². The number of hydrogen-bond donors (Lipinski definition) is 0. The van der Waals surface area contributed by atoms with Crippen molar-refractivity contribution >= 4 is 21.4 Å². The fraction of sp³-hybridized carbons (Fsp3) is 0.222. The fourth-order valence-electron chi connectivity index (χ4n) is 2.41. The van der Waals surface area contributed by atoms with Crippen LogP contribution in [0.3, 0.4) is 0 Å². The van der Waals surface area contributed by atoms with Gasteiger partial charge in [0.1, 0.15) is 0 Å². The Labute approximate surface area is 147 Å². The summed E-state index contributed by atoms with van der Waals surface area (Å²) in [7, 11) is -3.96. The van der Waals surface area contributed by atoms with Crippen LogP contribution >= 0.6 is 0 Å². The summed E-state index contributed by atoms with van der Waals surface area (Å²) in [6.07, 6.45) is 1.48. The van der Waals surface area contributed by atoms with Crippen molar-refractivity contribution < 1.29 is 13.3 Å². The maximum atomic E-state index is 13.1. The zero-order chi connectivity index (χ0) is 18.8. The number of sulfonamides is 1. The van der Waals surface area contributed by atoms with Gasteiger partial charge in [-0.25, -0.2) is 8.42 Å². The van der Waals surface area contributed by atoms with Crippen molar-refractivity contribution in [3.8, 4) is 0 Å². The maximum absolute atomic E-state index is 13.1. The molecule has 0 saturated heterocycles. The third-order valence-electron chi connectivity index (χ3n) is 4.04. The molecule has 2 aromatic rings. The normalized spacial score (nSPS) is 11.2. The number of nitro benzene ring substituents is 1. The number of anilines is 1. The van der Waals surface area contributed by atoms with E-state index in [1.54, 1.807) is 19.1 Å². The molecule has 0 spiro atoms. The van der Waals surface area contributed by atoms with E-state index in [4.69, 9.17) is 0 Å². The molecular weight excluding hydrogens is 340 g/mol. The molecule has 7 heteroatoms. The van der Waals surface area contributed by atoms with Crippen LogP contribution in [0.2, 0.25) is 0 Å². The van der Waals surface area contributed by atoms with Gasteiger partial charge in [-0.3, -0.25) is 14.4 Å². The first-order chi connectivity index (χ1) is 11.7. The molecule has 6 nitrogen and oxygen atoms in total. The molecule has 0 aromatic heterocycles. The van der Waals surface area contributed by atoms with Crippen LogP contribution in [0.4, 0.5) is 11.4 Å². The van der Waals surface area contributed by atoms with Gasteiger partial charge < -0.3 is 0 Å². The van der Waals surface area contributed by atoms with Gasteiger partial charge in [-0.15, -0.1) is 6.58 Å². The summed E-state index contributed by atoms with van der Waals surface area (Å²) in [4.78, 5) is 10.4. The van der Waals surface area contributed by atoms with Crippen molar-refractivity contribution in [3.63, 3.8) is 0 Å². The van der Waals surface area contributed by atoms with E-state index >= 15 is 0 Å². The Hall–Kier alpha value is -2.67. The topological polar surface area (TPSA) is 80.5 Å². The first kappa shape index (κ1) is 18.7. The Kier molecular flexibility index (Phi) is 5.27. The highest BCUT2D eigenvalue weighted by Gasteiger charge is 2.26. The Morgan fingerprint density at radius 2 is 1.72 bits per heavy atom. The molecule has 0 aliphatic heterocycles. The molecule has 0 N–H and O–H groups in total. The highest BCUT2D eigenvalue weighted by molar-refractivity contribution is 7.92. The molecule has 0 radical (unpaired) electrons. The Bertz CT molecular complexity index is 936. The van der Waals surface area contributed by atoms with Crippen LogP contribution in [0.25, 0.3) is 0 Å². The number of hydrogen-bond acceptors (Lipinski definition) is 4. The minimum atomic E-state index is -3.96. The molecule has 0 fully saturated rings. The summed E-state index contributed by atoms with van der Waals surface area (Å²) >= 11 is 0. The molecular formula is C18H20N2O4S. The third-order valence-corrected chi connectivity index (χ3v) is 5.83. The number of benzene rings is 2. The first-order valence-electron chi connectivity index (χ1n) is 7.64. The van der Waals surface area contributed by atoms with Gasteiger partial charge in [0.15, 0.2) is 0 Å². The third kappa shape index (κ3) is 3.71.